The van der Waals surface area contributed by atoms with Gasteiger partial charge in [-0.1, -0.05) is 30.3 Å². The molecule has 1 aromatic heterocycles. The number of benzene rings is 1. The highest BCUT2D eigenvalue weighted by Gasteiger charge is 2.25. The minimum Gasteiger partial charge on any atom is -0.359 e. The van der Waals surface area contributed by atoms with Crippen LogP contribution < -0.4 is 10.6 Å². The lowest BCUT2D eigenvalue weighted by molar-refractivity contribution is 0.181. The summed E-state index contributed by atoms with van der Waals surface area (Å²) in [5.74, 6) is 0.833. The van der Waals surface area contributed by atoms with Crippen molar-refractivity contribution < 1.29 is 0 Å². The lowest BCUT2D eigenvalue weighted by atomic mass is 10.0. The fourth-order valence-corrected chi connectivity index (χ4v) is 4.03. The number of hydrogen-bond donors (Lipinski definition) is 2. The van der Waals surface area contributed by atoms with E-state index in [0.29, 0.717) is 6.04 Å². The van der Waals surface area contributed by atoms with Crippen LogP contribution in [0.5, 0.6) is 0 Å². The van der Waals surface area contributed by atoms with Crippen LogP contribution in [0.3, 0.4) is 0 Å². The van der Waals surface area contributed by atoms with E-state index in [1.54, 1.807) is 11.9 Å². The fourth-order valence-electron chi connectivity index (χ4n) is 3.14. The molecule has 3 rings (SSSR count). The highest BCUT2D eigenvalue weighted by Crippen LogP contribution is 2.30. The largest absolute Gasteiger partial charge is 0.359 e. The van der Waals surface area contributed by atoms with Crippen LogP contribution in [0.15, 0.2) is 46.8 Å². The fraction of sp³-hybridized carbons (Fsp3) is 0.389. The van der Waals surface area contributed by atoms with Gasteiger partial charge in [0.1, 0.15) is 0 Å². The first kappa shape index (κ1) is 19.2. The zero-order valence-electron chi connectivity index (χ0n) is 14.2. The van der Waals surface area contributed by atoms with Crippen LogP contribution in [0.4, 0.5) is 0 Å². The molecule has 6 heteroatoms. The number of hydrogen-bond acceptors (Lipinski definition) is 3. The van der Waals surface area contributed by atoms with Crippen LogP contribution >= 0.6 is 35.3 Å². The average molecular weight is 456 g/mol. The van der Waals surface area contributed by atoms with E-state index in [9.17, 15) is 0 Å². The topological polar surface area (TPSA) is 39.7 Å². The van der Waals surface area contributed by atoms with Crippen LogP contribution in [0, 0.1) is 0 Å². The molecule has 0 radical (unpaired) electrons. The Labute approximate surface area is 165 Å². The maximum Gasteiger partial charge on any atom is 0.190 e. The molecule has 24 heavy (non-hydrogen) atoms. The second-order valence-electron chi connectivity index (χ2n) is 5.72. The summed E-state index contributed by atoms with van der Waals surface area (Å²) in [7, 11) is 3.69. The third-order valence-corrected chi connectivity index (χ3v) is 5.41. The number of rotatable bonds is 4. The van der Waals surface area contributed by atoms with E-state index in [-0.39, 0.29) is 24.0 Å². The molecule has 0 saturated carbocycles. The highest BCUT2D eigenvalue weighted by molar-refractivity contribution is 14.0. The van der Waals surface area contributed by atoms with Crippen LogP contribution in [0.25, 0.3) is 0 Å². The molecule has 2 N–H and O–H groups in total. The van der Waals surface area contributed by atoms with E-state index < -0.39 is 0 Å². The Kier molecular flexibility index (Phi) is 7.51. The molecule has 0 fully saturated rings. The number of guanidine groups is 1. The van der Waals surface area contributed by atoms with Gasteiger partial charge < -0.3 is 10.6 Å². The first-order valence-corrected chi connectivity index (χ1v) is 8.92. The molecule has 2 aromatic rings. The number of fused-ring (bicyclic) bond motifs is 1. The summed E-state index contributed by atoms with van der Waals surface area (Å²) in [6, 6.07) is 13.4. The van der Waals surface area contributed by atoms with Crippen molar-refractivity contribution in [3.63, 3.8) is 0 Å². The number of aliphatic imine (C=N–C) groups is 1. The first-order valence-electron chi connectivity index (χ1n) is 8.04. The molecular weight excluding hydrogens is 431 g/mol. The predicted molar refractivity (Wildman–Crippen MR) is 113 cm³/mol. The van der Waals surface area contributed by atoms with Gasteiger partial charge in [0, 0.05) is 38.6 Å². The normalized spacial score (nSPS) is 16.0. The summed E-state index contributed by atoms with van der Waals surface area (Å²) in [5, 5.41) is 8.74. The predicted octanol–water partition coefficient (Wildman–Crippen LogP) is 3.26. The van der Waals surface area contributed by atoms with Gasteiger partial charge in [0.15, 0.2) is 5.96 Å². The van der Waals surface area contributed by atoms with Crippen molar-refractivity contribution in [2.45, 2.75) is 19.0 Å². The summed E-state index contributed by atoms with van der Waals surface area (Å²) < 4.78 is 0. The second kappa shape index (κ2) is 9.39. The zero-order chi connectivity index (χ0) is 16.1. The third-order valence-electron chi connectivity index (χ3n) is 4.39. The maximum atomic E-state index is 4.22. The Morgan fingerprint density at radius 2 is 2.08 bits per heavy atom. The summed E-state index contributed by atoms with van der Waals surface area (Å²) in [6.45, 7) is 2.97. The van der Waals surface area contributed by atoms with Crippen molar-refractivity contribution in [1.82, 2.24) is 15.5 Å². The van der Waals surface area contributed by atoms with Gasteiger partial charge in [-0.2, -0.15) is 0 Å². The van der Waals surface area contributed by atoms with Crippen LogP contribution in [0.2, 0.25) is 0 Å². The molecule has 1 aliphatic heterocycles. The van der Waals surface area contributed by atoms with Gasteiger partial charge in [0.2, 0.25) is 0 Å². The van der Waals surface area contributed by atoms with Gasteiger partial charge in [0.05, 0.1) is 6.04 Å². The average Bonchev–Trinajstić information content (AvgIpc) is 3.07. The van der Waals surface area contributed by atoms with Crippen molar-refractivity contribution >= 4 is 41.3 Å². The molecule has 0 aliphatic carbocycles. The standard InChI is InChI=1S/C18H24N4S.HI/c1-19-18(20-2)21-12-16(14-6-4-3-5-7-14)22-10-8-17-15(13-22)9-11-23-17;/h3-7,9,11,16H,8,10,12-13H2,1-2H3,(H2,19,20,21);1H. The van der Waals surface area contributed by atoms with Crippen LogP contribution in [-0.4, -0.2) is 38.0 Å². The molecule has 0 saturated heterocycles. The van der Waals surface area contributed by atoms with E-state index >= 15 is 0 Å². The smallest absolute Gasteiger partial charge is 0.190 e. The van der Waals surface area contributed by atoms with Gasteiger partial charge in [-0.15, -0.1) is 35.3 Å². The molecule has 0 bridgehead atoms. The second-order valence-corrected chi connectivity index (χ2v) is 6.72. The van der Waals surface area contributed by atoms with Crippen molar-refractivity contribution in [1.29, 1.82) is 0 Å². The van der Waals surface area contributed by atoms with E-state index in [4.69, 9.17) is 0 Å². The van der Waals surface area contributed by atoms with E-state index in [1.165, 1.54) is 11.1 Å². The van der Waals surface area contributed by atoms with Gasteiger partial charge >= 0.3 is 0 Å². The monoisotopic (exact) mass is 456 g/mol. The van der Waals surface area contributed by atoms with Gasteiger partial charge in [-0.25, -0.2) is 0 Å². The summed E-state index contributed by atoms with van der Waals surface area (Å²) in [4.78, 5) is 8.34. The molecule has 1 aliphatic rings. The highest BCUT2D eigenvalue weighted by atomic mass is 127. The van der Waals surface area contributed by atoms with E-state index in [1.807, 2.05) is 18.4 Å². The number of nitrogens with one attached hydrogen (secondary N) is 2. The van der Waals surface area contributed by atoms with Crippen molar-refractivity contribution in [3.8, 4) is 0 Å². The maximum absolute atomic E-state index is 4.22. The molecule has 4 nitrogen and oxygen atoms in total. The Bertz CT molecular complexity index is 656. The minimum atomic E-state index is 0. The van der Waals surface area contributed by atoms with E-state index in [2.05, 4.69) is 62.3 Å². The number of halogens is 1. The van der Waals surface area contributed by atoms with Crippen molar-refractivity contribution in [2.24, 2.45) is 4.99 Å². The molecule has 2 heterocycles. The van der Waals surface area contributed by atoms with Crippen LogP contribution in [0.1, 0.15) is 22.0 Å². The Hall–Kier alpha value is -1.12. The third kappa shape index (κ3) is 4.49. The lowest BCUT2D eigenvalue weighted by Gasteiger charge is -2.35. The number of nitrogens with zero attached hydrogens (tertiary/aromatic N) is 2. The zero-order valence-corrected chi connectivity index (χ0v) is 17.3. The van der Waals surface area contributed by atoms with Crippen molar-refractivity contribution in [3.05, 3.63) is 57.8 Å². The Morgan fingerprint density at radius 3 is 2.79 bits per heavy atom. The van der Waals surface area contributed by atoms with E-state index in [0.717, 1.165) is 32.0 Å². The molecule has 130 valence electrons. The lowest BCUT2D eigenvalue weighted by Crippen LogP contribution is -2.43. The molecule has 1 atom stereocenters. The van der Waals surface area contributed by atoms with Gasteiger partial charge in [-0.05, 0) is 29.0 Å². The quantitative estimate of drug-likeness (QED) is 0.422. The summed E-state index contributed by atoms with van der Waals surface area (Å²) in [5.41, 5.74) is 2.84. The van der Waals surface area contributed by atoms with Crippen molar-refractivity contribution in [2.75, 3.05) is 27.2 Å². The Morgan fingerprint density at radius 1 is 1.29 bits per heavy atom. The summed E-state index contributed by atoms with van der Waals surface area (Å²) >= 11 is 1.89. The van der Waals surface area contributed by atoms with Crippen LogP contribution in [-0.2, 0) is 13.0 Å². The first-order chi connectivity index (χ1) is 11.3. The SMILES string of the molecule is CN=C(NC)NCC(c1ccccc1)N1CCc2sccc2C1.I. The molecular formula is C18H25IN4S. The van der Waals surface area contributed by atoms with Gasteiger partial charge in [-0.3, -0.25) is 9.89 Å². The Balaban J connectivity index is 0.00000208. The molecule has 1 unspecified atom stereocenters. The minimum absolute atomic E-state index is 0. The molecule has 0 amide bonds. The van der Waals surface area contributed by atoms with Gasteiger partial charge in [0.25, 0.3) is 0 Å². The molecule has 1 aromatic carbocycles. The molecule has 0 spiro atoms. The number of thiophene rings is 1. The summed E-state index contributed by atoms with van der Waals surface area (Å²) in [6.07, 6.45) is 1.15.